The smallest absolute Gasteiger partial charge is 0.116 e. The van der Waals surface area contributed by atoms with Crippen molar-refractivity contribution in [3.63, 3.8) is 0 Å². The highest BCUT2D eigenvalue weighted by Crippen LogP contribution is 2.44. The van der Waals surface area contributed by atoms with Crippen LogP contribution in [0.5, 0.6) is 0 Å². The molecular weight excluding hydrogens is 192 g/mol. The summed E-state index contributed by atoms with van der Waals surface area (Å²) in [5.74, 6) is 0. The number of hydrogen-bond acceptors (Lipinski definition) is 3. The maximum absolute atomic E-state index is 10.3. The predicted octanol–water partition coefficient (Wildman–Crippen LogP) is 1.86. The van der Waals surface area contributed by atoms with Crippen molar-refractivity contribution in [3.8, 4) is 0 Å². The molecule has 3 heteroatoms. The molecule has 0 aromatic carbocycles. The average molecular weight is 216 g/mol. The van der Waals surface area contributed by atoms with Gasteiger partial charge in [-0.15, -0.1) is 0 Å². The Hall–Kier alpha value is -0.120. The van der Waals surface area contributed by atoms with E-state index in [4.69, 9.17) is 4.74 Å². The van der Waals surface area contributed by atoms with Crippen LogP contribution in [0.15, 0.2) is 0 Å². The van der Waals surface area contributed by atoms with Crippen LogP contribution < -0.4 is 0 Å². The van der Waals surface area contributed by atoms with Crippen LogP contribution in [0.2, 0.25) is 0 Å². The molecule has 0 aromatic rings. The van der Waals surface area contributed by atoms with Crippen molar-refractivity contribution in [1.29, 1.82) is 0 Å². The minimum Gasteiger partial charge on any atom is -0.387 e. The lowest BCUT2D eigenvalue weighted by Gasteiger charge is -2.27. The first-order chi connectivity index (χ1) is 6.97. The van der Waals surface area contributed by atoms with Gasteiger partial charge in [-0.25, -0.2) is 0 Å². The SMILES string of the molecule is CCC(O)(CC)[C@@H]1O[C@H]1C(O)(CC)CC. The van der Waals surface area contributed by atoms with Crippen LogP contribution in [-0.4, -0.2) is 33.6 Å². The molecule has 15 heavy (non-hydrogen) atoms. The zero-order chi connectivity index (χ0) is 11.7. The van der Waals surface area contributed by atoms with E-state index < -0.39 is 11.2 Å². The minimum absolute atomic E-state index is 0.183. The molecule has 3 nitrogen and oxygen atoms in total. The van der Waals surface area contributed by atoms with Crippen LogP contribution in [-0.2, 0) is 4.74 Å². The highest BCUT2D eigenvalue weighted by atomic mass is 16.6. The van der Waals surface area contributed by atoms with E-state index in [1.807, 2.05) is 27.7 Å². The van der Waals surface area contributed by atoms with Gasteiger partial charge in [0.25, 0.3) is 0 Å². The zero-order valence-electron chi connectivity index (χ0n) is 10.3. The zero-order valence-corrected chi connectivity index (χ0v) is 10.3. The number of aliphatic hydroxyl groups is 2. The van der Waals surface area contributed by atoms with Gasteiger partial charge in [0.05, 0.1) is 11.2 Å². The van der Waals surface area contributed by atoms with Crippen LogP contribution in [0.25, 0.3) is 0 Å². The van der Waals surface area contributed by atoms with Crippen molar-refractivity contribution >= 4 is 0 Å². The molecule has 0 bridgehead atoms. The third-order valence-corrected chi connectivity index (χ3v) is 4.00. The topological polar surface area (TPSA) is 53.0 Å². The van der Waals surface area contributed by atoms with Crippen molar-refractivity contribution in [2.45, 2.75) is 76.8 Å². The first-order valence-electron chi connectivity index (χ1n) is 6.07. The first kappa shape index (κ1) is 12.9. The summed E-state index contributed by atoms with van der Waals surface area (Å²) < 4.78 is 5.51. The summed E-state index contributed by atoms with van der Waals surface area (Å²) in [4.78, 5) is 0. The number of epoxide rings is 1. The normalized spacial score (nSPS) is 26.8. The van der Waals surface area contributed by atoms with Crippen LogP contribution in [0.3, 0.4) is 0 Å². The van der Waals surface area contributed by atoms with Crippen molar-refractivity contribution in [1.82, 2.24) is 0 Å². The molecule has 2 N–H and O–H groups in total. The van der Waals surface area contributed by atoms with Crippen molar-refractivity contribution in [2.24, 2.45) is 0 Å². The van der Waals surface area contributed by atoms with E-state index in [0.29, 0.717) is 25.7 Å². The van der Waals surface area contributed by atoms with E-state index in [1.54, 1.807) is 0 Å². The molecule has 2 atom stereocenters. The summed E-state index contributed by atoms with van der Waals surface area (Å²) in [6.45, 7) is 7.83. The van der Waals surface area contributed by atoms with Gasteiger partial charge in [-0.2, -0.15) is 0 Å². The number of hydrogen-bond donors (Lipinski definition) is 2. The number of ether oxygens (including phenoxy) is 1. The van der Waals surface area contributed by atoms with Gasteiger partial charge in [-0.3, -0.25) is 0 Å². The Labute approximate surface area is 92.4 Å². The molecule has 90 valence electrons. The molecule has 1 heterocycles. The molecule has 0 radical (unpaired) electrons. The van der Waals surface area contributed by atoms with Gasteiger partial charge in [0.2, 0.25) is 0 Å². The molecule has 0 unspecified atom stereocenters. The minimum atomic E-state index is -0.761. The molecule has 1 aliphatic rings. The number of rotatable bonds is 6. The van der Waals surface area contributed by atoms with E-state index in [0.717, 1.165) is 0 Å². The Morgan fingerprint density at radius 1 is 0.800 bits per heavy atom. The van der Waals surface area contributed by atoms with Gasteiger partial charge in [-0.1, -0.05) is 27.7 Å². The summed E-state index contributed by atoms with van der Waals surface area (Å²) in [7, 11) is 0. The second kappa shape index (κ2) is 4.40. The molecule has 0 saturated carbocycles. The van der Waals surface area contributed by atoms with Gasteiger partial charge < -0.3 is 14.9 Å². The van der Waals surface area contributed by atoms with E-state index in [2.05, 4.69) is 0 Å². The lowest BCUT2D eigenvalue weighted by molar-refractivity contribution is -0.00257. The van der Waals surface area contributed by atoms with Crippen LogP contribution >= 0.6 is 0 Å². The van der Waals surface area contributed by atoms with Gasteiger partial charge >= 0.3 is 0 Å². The Balaban J connectivity index is 2.67. The van der Waals surface area contributed by atoms with Crippen molar-refractivity contribution in [2.75, 3.05) is 0 Å². The summed E-state index contributed by atoms with van der Waals surface area (Å²) in [5, 5.41) is 20.5. The molecule has 1 aliphatic heterocycles. The summed E-state index contributed by atoms with van der Waals surface area (Å²) in [6, 6.07) is 0. The van der Waals surface area contributed by atoms with E-state index in [1.165, 1.54) is 0 Å². The Morgan fingerprint density at radius 3 is 1.27 bits per heavy atom. The molecule has 1 fully saturated rings. The third-order valence-electron chi connectivity index (χ3n) is 4.00. The Kier molecular flexibility index (Phi) is 3.80. The summed E-state index contributed by atoms with van der Waals surface area (Å²) >= 11 is 0. The summed E-state index contributed by atoms with van der Waals surface area (Å²) in [6.07, 6.45) is 2.33. The lowest BCUT2D eigenvalue weighted by atomic mass is 9.84. The van der Waals surface area contributed by atoms with E-state index in [-0.39, 0.29) is 12.2 Å². The predicted molar refractivity (Wildman–Crippen MR) is 59.7 cm³/mol. The molecule has 1 rings (SSSR count). The maximum atomic E-state index is 10.3. The molecule has 0 amide bonds. The molecule has 0 aliphatic carbocycles. The Morgan fingerprint density at radius 2 is 1.07 bits per heavy atom. The fourth-order valence-corrected chi connectivity index (χ4v) is 2.23. The molecule has 1 saturated heterocycles. The average Bonchev–Trinajstić information content (AvgIpc) is 3.07. The molecular formula is C12H24O3. The van der Waals surface area contributed by atoms with Crippen LogP contribution in [0, 0.1) is 0 Å². The van der Waals surface area contributed by atoms with Gasteiger partial charge in [0.1, 0.15) is 12.2 Å². The largest absolute Gasteiger partial charge is 0.387 e. The first-order valence-corrected chi connectivity index (χ1v) is 6.07. The Bertz CT molecular complexity index is 185. The van der Waals surface area contributed by atoms with Gasteiger partial charge in [0, 0.05) is 0 Å². The third kappa shape index (κ3) is 2.19. The molecule has 0 spiro atoms. The lowest BCUT2D eigenvalue weighted by Crippen LogP contribution is -2.42. The van der Waals surface area contributed by atoms with Crippen LogP contribution in [0.4, 0.5) is 0 Å². The van der Waals surface area contributed by atoms with Crippen molar-refractivity contribution in [3.05, 3.63) is 0 Å². The molecule has 0 aromatic heterocycles. The van der Waals surface area contributed by atoms with Gasteiger partial charge in [-0.05, 0) is 25.7 Å². The highest BCUT2D eigenvalue weighted by molar-refractivity contribution is 5.08. The fraction of sp³-hybridized carbons (Fsp3) is 1.00. The van der Waals surface area contributed by atoms with Crippen molar-refractivity contribution < 1.29 is 14.9 Å². The van der Waals surface area contributed by atoms with Gasteiger partial charge in [0.15, 0.2) is 0 Å². The maximum Gasteiger partial charge on any atom is 0.116 e. The second-order valence-corrected chi connectivity index (χ2v) is 4.60. The second-order valence-electron chi connectivity index (χ2n) is 4.60. The standard InChI is InChI=1S/C12H24O3/c1-5-11(13,6-2)9-10(15-9)12(14,7-3)8-4/h9-10,13-14H,5-8H2,1-4H3/t9-,10-/m1/s1. The quantitative estimate of drug-likeness (QED) is 0.666. The highest BCUT2D eigenvalue weighted by Gasteiger charge is 2.59. The van der Waals surface area contributed by atoms with E-state index in [9.17, 15) is 10.2 Å². The summed E-state index contributed by atoms with van der Waals surface area (Å²) in [5.41, 5.74) is -1.52. The fourth-order valence-electron chi connectivity index (χ4n) is 2.23. The van der Waals surface area contributed by atoms with Crippen LogP contribution in [0.1, 0.15) is 53.4 Å². The monoisotopic (exact) mass is 216 g/mol. The van der Waals surface area contributed by atoms with E-state index >= 15 is 0 Å².